The monoisotopic (exact) mass is 383 g/mol. The second-order valence-corrected chi connectivity index (χ2v) is 5.68. The highest BCUT2D eigenvalue weighted by Gasteiger charge is 2.34. The number of hydrogen-bond donors (Lipinski definition) is 2. The number of hydrogen-bond acceptors (Lipinski definition) is 4. The van der Waals surface area contributed by atoms with Crippen molar-refractivity contribution in [2.75, 3.05) is 26.9 Å². The van der Waals surface area contributed by atoms with E-state index in [0.29, 0.717) is 19.0 Å². The van der Waals surface area contributed by atoms with Crippen LogP contribution in [0.15, 0.2) is 48.5 Å². The highest BCUT2D eigenvalue weighted by molar-refractivity contribution is 5.94. The van der Waals surface area contributed by atoms with Crippen molar-refractivity contribution in [3.63, 3.8) is 0 Å². The van der Waals surface area contributed by atoms with Crippen LogP contribution in [0.5, 0.6) is 5.75 Å². The Kier molecular flexibility index (Phi) is 7.20. The van der Waals surface area contributed by atoms with Gasteiger partial charge in [-0.15, -0.1) is 0 Å². The van der Waals surface area contributed by atoms with Gasteiger partial charge in [-0.1, -0.05) is 24.3 Å². The topological polar surface area (TPSA) is 67.8 Å². The molecule has 2 aromatic rings. The number of methoxy groups -OCH3 is 1. The highest BCUT2D eigenvalue weighted by Crippen LogP contribution is 2.34. The minimum absolute atomic E-state index is 0.265. The molecule has 2 aromatic carbocycles. The summed E-state index contributed by atoms with van der Waals surface area (Å²) >= 11 is 0. The molecule has 1 amide bonds. The third kappa shape index (κ3) is 5.97. The molecule has 146 valence electrons. The molecule has 2 rings (SSSR count). The molecule has 0 aromatic heterocycles. The van der Waals surface area contributed by atoms with Crippen molar-refractivity contribution in [1.29, 1.82) is 0 Å². The zero-order valence-electron chi connectivity index (χ0n) is 14.6. The van der Waals surface area contributed by atoms with Crippen LogP contribution in [0.3, 0.4) is 0 Å². The number of rotatable bonds is 8. The van der Waals surface area contributed by atoms with Gasteiger partial charge in [-0.05, 0) is 29.8 Å². The molecule has 8 heteroatoms. The molecule has 0 bridgehead atoms. The molecule has 1 unspecified atom stereocenters. The Morgan fingerprint density at radius 1 is 1.15 bits per heavy atom. The lowest BCUT2D eigenvalue weighted by Gasteiger charge is -2.18. The van der Waals surface area contributed by atoms with Crippen molar-refractivity contribution in [1.82, 2.24) is 5.32 Å². The van der Waals surface area contributed by atoms with E-state index in [1.54, 1.807) is 12.1 Å². The number of halogens is 3. The second-order valence-electron chi connectivity index (χ2n) is 5.68. The van der Waals surface area contributed by atoms with Gasteiger partial charge in [-0.2, -0.15) is 13.2 Å². The number of aliphatic hydroxyl groups excluding tert-OH is 1. The lowest BCUT2D eigenvalue weighted by molar-refractivity contribution is -0.139. The van der Waals surface area contributed by atoms with Gasteiger partial charge in [-0.25, -0.2) is 0 Å². The van der Waals surface area contributed by atoms with Crippen molar-refractivity contribution in [2.45, 2.75) is 12.3 Å². The molecule has 0 heterocycles. The van der Waals surface area contributed by atoms with Gasteiger partial charge >= 0.3 is 6.18 Å². The fourth-order valence-electron chi connectivity index (χ4n) is 2.42. The van der Waals surface area contributed by atoms with Gasteiger partial charge in [0.1, 0.15) is 12.4 Å². The predicted molar refractivity (Wildman–Crippen MR) is 92.6 cm³/mol. The van der Waals surface area contributed by atoms with Crippen LogP contribution in [0.4, 0.5) is 13.2 Å². The van der Waals surface area contributed by atoms with Crippen molar-refractivity contribution in [3.8, 4) is 5.75 Å². The van der Waals surface area contributed by atoms with Crippen molar-refractivity contribution in [2.24, 2.45) is 0 Å². The number of nitrogens with one attached hydrogen (secondary N) is 1. The zero-order chi connectivity index (χ0) is 19.9. The number of amides is 1. The predicted octanol–water partition coefficient (Wildman–Crippen LogP) is 3.19. The highest BCUT2D eigenvalue weighted by atomic mass is 19.4. The summed E-state index contributed by atoms with van der Waals surface area (Å²) in [5.74, 6) is -0.0709. The van der Waals surface area contributed by atoms with Crippen molar-refractivity contribution < 1.29 is 32.5 Å². The fraction of sp³-hybridized carbons (Fsp3) is 0.316. The lowest BCUT2D eigenvalue weighted by atomic mass is 10.0. The first-order chi connectivity index (χ1) is 12.8. The van der Waals surface area contributed by atoms with Gasteiger partial charge in [0.05, 0.1) is 18.3 Å². The SMILES string of the molecule is COCCOc1cccc(C(=O)NCC(O)c2ccccc2C(F)(F)F)c1. The average Bonchev–Trinajstić information content (AvgIpc) is 2.65. The molecule has 0 saturated carbocycles. The van der Waals surface area contributed by atoms with Crippen LogP contribution in [-0.4, -0.2) is 37.9 Å². The van der Waals surface area contributed by atoms with Crippen LogP contribution in [0.2, 0.25) is 0 Å². The molecule has 1 atom stereocenters. The van der Waals surface area contributed by atoms with E-state index in [4.69, 9.17) is 9.47 Å². The van der Waals surface area contributed by atoms with E-state index in [0.717, 1.165) is 6.07 Å². The van der Waals surface area contributed by atoms with Gasteiger partial charge in [0.15, 0.2) is 0 Å². The summed E-state index contributed by atoms with van der Waals surface area (Å²) < 4.78 is 49.3. The number of aliphatic hydroxyl groups is 1. The number of ether oxygens (including phenoxy) is 2. The number of carbonyl (C=O) groups is 1. The summed E-state index contributed by atoms with van der Waals surface area (Å²) in [5.41, 5.74) is -0.955. The maximum atomic E-state index is 13.0. The Hall–Kier alpha value is -2.58. The quantitative estimate of drug-likeness (QED) is 0.687. The summed E-state index contributed by atoms with van der Waals surface area (Å²) in [5, 5.41) is 12.5. The molecule has 5 nitrogen and oxygen atoms in total. The first-order valence-electron chi connectivity index (χ1n) is 8.17. The van der Waals surface area contributed by atoms with Gasteiger partial charge in [0, 0.05) is 19.2 Å². The van der Waals surface area contributed by atoms with Crippen LogP contribution in [-0.2, 0) is 10.9 Å². The van der Waals surface area contributed by atoms with E-state index >= 15 is 0 Å². The first kappa shape index (κ1) is 20.7. The molecule has 0 aliphatic rings. The number of benzene rings is 2. The van der Waals surface area contributed by atoms with E-state index in [9.17, 15) is 23.1 Å². The Balaban J connectivity index is 2.01. The molecule has 0 aliphatic heterocycles. The zero-order valence-corrected chi connectivity index (χ0v) is 14.6. The molecule has 2 N–H and O–H groups in total. The van der Waals surface area contributed by atoms with Gasteiger partial charge in [0.2, 0.25) is 0 Å². The van der Waals surface area contributed by atoms with Crippen LogP contribution in [0, 0.1) is 0 Å². The Bertz CT molecular complexity index is 765. The number of alkyl halides is 3. The van der Waals surface area contributed by atoms with E-state index in [1.807, 2.05) is 0 Å². The maximum absolute atomic E-state index is 13.0. The third-order valence-corrected chi connectivity index (χ3v) is 3.73. The van der Waals surface area contributed by atoms with Gasteiger partial charge in [-0.3, -0.25) is 4.79 Å². The molecule has 0 spiro atoms. The summed E-state index contributed by atoms with van der Waals surface area (Å²) in [6.07, 6.45) is -6.08. The van der Waals surface area contributed by atoms with E-state index < -0.39 is 23.8 Å². The molecule has 0 radical (unpaired) electrons. The third-order valence-electron chi connectivity index (χ3n) is 3.73. The normalized spacial score (nSPS) is 12.5. The van der Waals surface area contributed by atoms with Crippen LogP contribution >= 0.6 is 0 Å². The Morgan fingerprint density at radius 3 is 2.59 bits per heavy atom. The minimum atomic E-state index is -4.59. The van der Waals surface area contributed by atoms with Crippen LogP contribution < -0.4 is 10.1 Å². The summed E-state index contributed by atoms with van der Waals surface area (Å²) in [6.45, 7) is 0.344. The Labute approximate surface area is 154 Å². The Morgan fingerprint density at radius 2 is 1.89 bits per heavy atom. The second kappa shape index (κ2) is 9.38. The maximum Gasteiger partial charge on any atom is 0.416 e. The fourth-order valence-corrected chi connectivity index (χ4v) is 2.42. The van der Waals surface area contributed by atoms with Crippen molar-refractivity contribution >= 4 is 5.91 Å². The molecule has 0 aliphatic carbocycles. The molecular formula is C19H20F3NO4. The molecule has 0 fully saturated rings. The minimum Gasteiger partial charge on any atom is -0.491 e. The summed E-state index contributed by atoms with van der Waals surface area (Å²) in [4.78, 5) is 12.2. The summed E-state index contributed by atoms with van der Waals surface area (Å²) in [6, 6.07) is 11.0. The van der Waals surface area contributed by atoms with Gasteiger partial charge < -0.3 is 19.9 Å². The number of carbonyl (C=O) groups excluding carboxylic acids is 1. The largest absolute Gasteiger partial charge is 0.491 e. The first-order valence-corrected chi connectivity index (χ1v) is 8.17. The van der Waals surface area contributed by atoms with Gasteiger partial charge in [0.25, 0.3) is 5.91 Å². The van der Waals surface area contributed by atoms with E-state index in [2.05, 4.69) is 5.32 Å². The van der Waals surface area contributed by atoms with E-state index in [1.165, 1.54) is 37.4 Å². The van der Waals surface area contributed by atoms with Crippen LogP contribution in [0.1, 0.15) is 27.6 Å². The standard InChI is InChI=1S/C19H20F3NO4/c1-26-9-10-27-14-6-4-5-13(11-14)18(25)23-12-17(24)15-7-2-3-8-16(15)19(20,21)22/h2-8,11,17,24H,9-10,12H2,1H3,(H,23,25). The smallest absolute Gasteiger partial charge is 0.416 e. The summed E-state index contributed by atoms with van der Waals surface area (Å²) in [7, 11) is 1.54. The molecule has 0 saturated heterocycles. The average molecular weight is 383 g/mol. The van der Waals surface area contributed by atoms with E-state index in [-0.39, 0.29) is 17.7 Å². The molecule has 27 heavy (non-hydrogen) atoms. The van der Waals surface area contributed by atoms with Crippen molar-refractivity contribution in [3.05, 3.63) is 65.2 Å². The molecular weight excluding hydrogens is 363 g/mol. The van der Waals surface area contributed by atoms with Crippen LogP contribution in [0.25, 0.3) is 0 Å². The lowest BCUT2D eigenvalue weighted by Crippen LogP contribution is -2.29.